The zero-order valence-electron chi connectivity index (χ0n) is 14.0. The highest BCUT2D eigenvalue weighted by atomic mass is 16.5. The van der Waals surface area contributed by atoms with E-state index in [2.05, 4.69) is 10.2 Å². The third-order valence-electron chi connectivity index (χ3n) is 4.49. The van der Waals surface area contributed by atoms with Crippen LogP contribution in [0.3, 0.4) is 0 Å². The molecule has 1 aliphatic rings. The average molecular weight is 339 g/mol. The molecule has 1 aliphatic heterocycles. The van der Waals surface area contributed by atoms with Crippen molar-refractivity contribution in [2.75, 3.05) is 19.7 Å². The van der Waals surface area contributed by atoms with Crippen molar-refractivity contribution in [1.82, 2.24) is 24.5 Å². The first-order valence-corrected chi connectivity index (χ1v) is 8.57. The fourth-order valence-electron chi connectivity index (χ4n) is 3.23. The summed E-state index contributed by atoms with van der Waals surface area (Å²) in [7, 11) is 0. The number of hydrogen-bond donors (Lipinski definition) is 0. The number of aromatic nitrogens is 4. The summed E-state index contributed by atoms with van der Waals surface area (Å²) in [5, 5.41) is 9.63. The van der Waals surface area contributed by atoms with Crippen LogP contribution in [-0.2, 0) is 22.6 Å². The van der Waals surface area contributed by atoms with Crippen LogP contribution in [-0.4, -0.2) is 56.2 Å². The van der Waals surface area contributed by atoms with Gasteiger partial charge in [0.15, 0.2) is 0 Å². The number of para-hydroxylation sites is 1. The first kappa shape index (κ1) is 15.8. The Kier molecular flexibility index (Phi) is 4.47. The van der Waals surface area contributed by atoms with Gasteiger partial charge in [0, 0.05) is 37.5 Å². The van der Waals surface area contributed by atoms with Gasteiger partial charge in [0.05, 0.1) is 24.4 Å². The van der Waals surface area contributed by atoms with Gasteiger partial charge in [0.2, 0.25) is 5.91 Å². The summed E-state index contributed by atoms with van der Waals surface area (Å²) in [5.74, 6) is 0.0739. The average Bonchev–Trinajstić information content (AvgIpc) is 3.21. The Morgan fingerprint density at radius 3 is 3.04 bits per heavy atom. The molecule has 7 nitrogen and oxygen atoms in total. The molecule has 1 atom stereocenters. The number of carbonyl (C=O) groups excluding carboxylic acids is 1. The quantitative estimate of drug-likeness (QED) is 0.723. The normalized spacial score (nSPS) is 18.4. The maximum absolute atomic E-state index is 12.8. The maximum Gasteiger partial charge on any atom is 0.244 e. The third-order valence-corrected chi connectivity index (χ3v) is 4.49. The van der Waals surface area contributed by atoms with E-state index in [0.717, 1.165) is 17.3 Å². The molecule has 3 aromatic rings. The van der Waals surface area contributed by atoms with Crippen molar-refractivity contribution >= 4 is 16.8 Å². The molecule has 0 spiro atoms. The molecule has 2 aromatic heterocycles. The summed E-state index contributed by atoms with van der Waals surface area (Å²) < 4.78 is 9.50. The van der Waals surface area contributed by atoms with Gasteiger partial charge in [0.1, 0.15) is 6.54 Å². The molecule has 0 aliphatic carbocycles. The zero-order chi connectivity index (χ0) is 17.1. The predicted molar refractivity (Wildman–Crippen MR) is 92.9 cm³/mol. The number of nitrogens with zero attached hydrogens (tertiary/aromatic N) is 5. The van der Waals surface area contributed by atoms with E-state index in [-0.39, 0.29) is 18.6 Å². The van der Waals surface area contributed by atoms with Crippen molar-refractivity contribution in [2.24, 2.45) is 0 Å². The van der Waals surface area contributed by atoms with Gasteiger partial charge in [-0.05, 0) is 18.6 Å². The van der Waals surface area contributed by atoms with Crippen molar-refractivity contribution < 1.29 is 9.53 Å². The molecular formula is C18H21N5O2. The summed E-state index contributed by atoms with van der Waals surface area (Å²) >= 11 is 0. The Morgan fingerprint density at radius 2 is 2.16 bits per heavy atom. The van der Waals surface area contributed by atoms with Crippen LogP contribution >= 0.6 is 0 Å². The monoisotopic (exact) mass is 339 g/mol. The lowest BCUT2D eigenvalue weighted by molar-refractivity contribution is -0.132. The van der Waals surface area contributed by atoms with Gasteiger partial charge < -0.3 is 9.64 Å². The standard InChI is InChI=1S/C18H21N5O2/c24-18(14-23-17-6-2-1-5-15(17)11-20-23)21-8-4-10-25-16(12-21)13-22-9-3-7-19-22/h1-3,5-7,9,11,16H,4,8,10,12-14H2/t16-/m0/s1. The van der Waals surface area contributed by atoms with Gasteiger partial charge in [-0.15, -0.1) is 0 Å². The van der Waals surface area contributed by atoms with Crippen LogP contribution in [0.25, 0.3) is 10.9 Å². The van der Waals surface area contributed by atoms with E-state index in [9.17, 15) is 4.79 Å². The molecule has 130 valence electrons. The summed E-state index contributed by atoms with van der Waals surface area (Å²) in [6.07, 6.45) is 6.27. The minimum absolute atomic E-state index is 0.0410. The number of benzene rings is 1. The fourth-order valence-corrected chi connectivity index (χ4v) is 3.23. The molecule has 1 aromatic carbocycles. The van der Waals surface area contributed by atoms with Crippen LogP contribution in [0.2, 0.25) is 0 Å². The zero-order valence-corrected chi connectivity index (χ0v) is 14.0. The molecule has 1 amide bonds. The highest BCUT2D eigenvalue weighted by Gasteiger charge is 2.23. The molecule has 1 saturated heterocycles. The number of hydrogen-bond acceptors (Lipinski definition) is 4. The van der Waals surface area contributed by atoms with Crippen molar-refractivity contribution in [3.63, 3.8) is 0 Å². The largest absolute Gasteiger partial charge is 0.374 e. The number of carbonyl (C=O) groups is 1. The van der Waals surface area contributed by atoms with E-state index in [1.54, 1.807) is 17.1 Å². The van der Waals surface area contributed by atoms with Crippen LogP contribution in [0, 0.1) is 0 Å². The molecule has 0 saturated carbocycles. The summed E-state index contributed by atoms with van der Waals surface area (Å²) in [5.41, 5.74) is 0.981. The van der Waals surface area contributed by atoms with Crippen molar-refractivity contribution in [2.45, 2.75) is 25.6 Å². The van der Waals surface area contributed by atoms with E-state index < -0.39 is 0 Å². The van der Waals surface area contributed by atoms with Crippen LogP contribution in [0.1, 0.15) is 6.42 Å². The van der Waals surface area contributed by atoms with E-state index in [1.807, 2.05) is 46.1 Å². The smallest absolute Gasteiger partial charge is 0.244 e. The lowest BCUT2D eigenvalue weighted by atomic mass is 10.2. The highest BCUT2D eigenvalue weighted by Crippen LogP contribution is 2.14. The number of ether oxygens (including phenoxy) is 1. The van der Waals surface area contributed by atoms with Gasteiger partial charge in [-0.1, -0.05) is 18.2 Å². The molecule has 0 N–H and O–H groups in total. The predicted octanol–water partition coefficient (Wildman–Crippen LogP) is 1.55. The second kappa shape index (κ2) is 7.06. The van der Waals surface area contributed by atoms with Gasteiger partial charge in [-0.25, -0.2) is 0 Å². The lowest BCUT2D eigenvalue weighted by Gasteiger charge is -2.24. The Morgan fingerprint density at radius 1 is 1.24 bits per heavy atom. The van der Waals surface area contributed by atoms with Crippen LogP contribution in [0.5, 0.6) is 0 Å². The number of amides is 1. The van der Waals surface area contributed by atoms with E-state index in [4.69, 9.17) is 4.74 Å². The summed E-state index contributed by atoms with van der Waals surface area (Å²) in [6, 6.07) is 9.82. The third kappa shape index (κ3) is 3.56. The summed E-state index contributed by atoms with van der Waals surface area (Å²) in [4.78, 5) is 14.7. The molecule has 25 heavy (non-hydrogen) atoms. The van der Waals surface area contributed by atoms with Gasteiger partial charge in [0.25, 0.3) is 0 Å². The molecule has 3 heterocycles. The van der Waals surface area contributed by atoms with Crippen LogP contribution < -0.4 is 0 Å². The van der Waals surface area contributed by atoms with Crippen LogP contribution in [0.15, 0.2) is 48.9 Å². The van der Waals surface area contributed by atoms with Crippen molar-refractivity contribution in [3.05, 3.63) is 48.9 Å². The second-order valence-electron chi connectivity index (χ2n) is 6.28. The Balaban J connectivity index is 1.44. The molecule has 4 rings (SSSR count). The van der Waals surface area contributed by atoms with E-state index >= 15 is 0 Å². The minimum atomic E-state index is -0.0410. The minimum Gasteiger partial charge on any atom is -0.374 e. The molecular weight excluding hydrogens is 318 g/mol. The van der Waals surface area contributed by atoms with Crippen LogP contribution in [0.4, 0.5) is 0 Å². The van der Waals surface area contributed by atoms with Gasteiger partial charge >= 0.3 is 0 Å². The first-order valence-electron chi connectivity index (χ1n) is 8.57. The second-order valence-corrected chi connectivity index (χ2v) is 6.28. The molecule has 0 unspecified atom stereocenters. The number of rotatable bonds is 4. The van der Waals surface area contributed by atoms with Crippen molar-refractivity contribution in [1.29, 1.82) is 0 Å². The lowest BCUT2D eigenvalue weighted by Crippen LogP contribution is -2.40. The Hall–Kier alpha value is -2.67. The van der Waals surface area contributed by atoms with E-state index in [0.29, 0.717) is 26.2 Å². The SMILES string of the molecule is O=C(Cn1ncc2ccccc21)N1CCCO[C@H](Cn2cccn2)C1. The summed E-state index contributed by atoms with van der Waals surface area (Å²) in [6.45, 7) is 2.87. The van der Waals surface area contributed by atoms with Gasteiger partial charge in [-0.2, -0.15) is 10.2 Å². The highest BCUT2D eigenvalue weighted by molar-refractivity contribution is 5.82. The fraction of sp³-hybridized carbons (Fsp3) is 0.389. The van der Waals surface area contributed by atoms with E-state index in [1.165, 1.54) is 0 Å². The topological polar surface area (TPSA) is 65.2 Å². The molecule has 1 fully saturated rings. The maximum atomic E-state index is 12.8. The Labute approximate surface area is 145 Å². The molecule has 7 heteroatoms. The number of fused-ring (bicyclic) bond motifs is 1. The molecule has 0 radical (unpaired) electrons. The first-order chi connectivity index (χ1) is 12.3. The molecule has 0 bridgehead atoms. The van der Waals surface area contributed by atoms with Gasteiger partial charge in [-0.3, -0.25) is 14.2 Å². The van der Waals surface area contributed by atoms with Crippen molar-refractivity contribution in [3.8, 4) is 0 Å². The Bertz CT molecular complexity index is 842.